The Hall–Kier alpha value is -3.61. The Morgan fingerprint density at radius 2 is 1.21 bits per heavy atom. The molecule has 0 N–H and O–H groups in total. The predicted octanol–water partition coefficient (Wildman–Crippen LogP) is 7.03. The summed E-state index contributed by atoms with van der Waals surface area (Å²) in [5, 5.41) is 0. The highest BCUT2D eigenvalue weighted by atomic mass is 19.3. The van der Waals surface area contributed by atoms with Crippen LogP contribution < -0.4 is 0 Å². The molecule has 0 spiro atoms. The first-order valence-corrected chi connectivity index (χ1v) is 10.1. The van der Waals surface area contributed by atoms with Crippen LogP contribution in [0.2, 0.25) is 0 Å². The monoisotopic (exact) mass is 454 g/mol. The van der Waals surface area contributed by atoms with Gasteiger partial charge in [-0.15, -0.1) is 0 Å². The molecule has 2 heterocycles. The van der Waals surface area contributed by atoms with Crippen LogP contribution >= 0.6 is 0 Å². The number of halogens is 5. The van der Waals surface area contributed by atoms with Crippen LogP contribution in [-0.2, 0) is 11.3 Å². The van der Waals surface area contributed by atoms with E-state index in [9.17, 15) is 13.2 Å². The number of hydrogen-bond acceptors (Lipinski definition) is 2. The summed E-state index contributed by atoms with van der Waals surface area (Å²) in [6, 6.07) is 16.4. The van der Waals surface area contributed by atoms with Crippen molar-refractivity contribution in [3.8, 4) is 11.3 Å². The van der Waals surface area contributed by atoms with E-state index in [-0.39, 0.29) is 16.8 Å². The first-order chi connectivity index (χ1) is 15.6. The van der Waals surface area contributed by atoms with Crippen LogP contribution in [0.25, 0.3) is 11.3 Å². The van der Waals surface area contributed by atoms with Gasteiger partial charge in [0.05, 0.1) is 17.1 Å². The van der Waals surface area contributed by atoms with Crippen molar-refractivity contribution in [3.05, 3.63) is 119 Å². The van der Waals surface area contributed by atoms with Gasteiger partial charge in [-0.3, -0.25) is 9.97 Å². The first-order valence-electron chi connectivity index (χ1n) is 10.1. The van der Waals surface area contributed by atoms with Crippen molar-refractivity contribution >= 4 is 0 Å². The van der Waals surface area contributed by atoms with Crippen LogP contribution in [0.15, 0.2) is 78.9 Å². The molecule has 0 unspecified atom stereocenters. The molecule has 0 saturated carbocycles. The molecule has 0 saturated heterocycles. The van der Waals surface area contributed by atoms with Crippen molar-refractivity contribution in [3.63, 3.8) is 0 Å². The van der Waals surface area contributed by atoms with Crippen molar-refractivity contribution in [2.45, 2.75) is 25.2 Å². The first kappa shape index (κ1) is 22.6. The molecule has 0 radical (unpaired) electrons. The molecule has 2 aromatic heterocycles. The number of alkyl halides is 2. The van der Waals surface area contributed by atoms with Crippen molar-refractivity contribution in [2.24, 2.45) is 0 Å². The number of pyridine rings is 2. The zero-order valence-corrected chi connectivity index (χ0v) is 17.8. The lowest BCUT2D eigenvalue weighted by molar-refractivity contribution is 0.0376. The molecule has 7 heteroatoms. The SMILES string of the molecule is CC(C)(c1cccc(-c2ccc(F)cc2F)n1)c1cccc(C(F)(F)c2ccc(F)cc2)n1. The summed E-state index contributed by atoms with van der Waals surface area (Å²) in [6.07, 6.45) is 0. The van der Waals surface area contributed by atoms with E-state index in [2.05, 4.69) is 9.97 Å². The Kier molecular flexibility index (Phi) is 5.74. The zero-order valence-electron chi connectivity index (χ0n) is 17.8. The molecule has 33 heavy (non-hydrogen) atoms. The molecule has 168 valence electrons. The van der Waals surface area contributed by atoms with Gasteiger partial charge in [0, 0.05) is 22.6 Å². The van der Waals surface area contributed by atoms with E-state index in [0.29, 0.717) is 11.4 Å². The lowest BCUT2D eigenvalue weighted by atomic mass is 9.84. The van der Waals surface area contributed by atoms with E-state index in [1.807, 2.05) is 0 Å². The van der Waals surface area contributed by atoms with Gasteiger partial charge >= 0.3 is 5.92 Å². The van der Waals surface area contributed by atoms with Crippen LogP contribution in [0.4, 0.5) is 22.0 Å². The summed E-state index contributed by atoms with van der Waals surface area (Å²) >= 11 is 0. The van der Waals surface area contributed by atoms with Gasteiger partial charge in [0.15, 0.2) is 0 Å². The van der Waals surface area contributed by atoms with Gasteiger partial charge in [0.25, 0.3) is 0 Å². The van der Waals surface area contributed by atoms with E-state index in [0.717, 1.165) is 36.4 Å². The van der Waals surface area contributed by atoms with Crippen molar-refractivity contribution in [1.29, 1.82) is 0 Å². The van der Waals surface area contributed by atoms with E-state index in [4.69, 9.17) is 0 Å². The second-order valence-corrected chi connectivity index (χ2v) is 8.15. The summed E-state index contributed by atoms with van der Waals surface area (Å²) in [6.45, 7) is 3.53. The molecule has 0 aliphatic rings. The highest BCUT2D eigenvalue weighted by molar-refractivity contribution is 5.60. The second-order valence-electron chi connectivity index (χ2n) is 8.15. The van der Waals surface area contributed by atoms with Gasteiger partial charge in [0.1, 0.15) is 23.1 Å². The highest BCUT2D eigenvalue weighted by Gasteiger charge is 2.37. The Balaban J connectivity index is 1.73. The quantitative estimate of drug-likeness (QED) is 0.303. The third-order valence-corrected chi connectivity index (χ3v) is 5.51. The number of nitrogens with zero attached hydrogens (tertiary/aromatic N) is 2. The smallest absolute Gasteiger partial charge is 0.252 e. The van der Waals surface area contributed by atoms with E-state index < -0.39 is 34.5 Å². The summed E-state index contributed by atoms with van der Waals surface area (Å²) in [5.74, 6) is -5.50. The Morgan fingerprint density at radius 3 is 1.88 bits per heavy atom. The number of benzene rings is 2. The lowest BCUT2D eigenvalue weighted by Crippen LogP contribution is -2.25. The van der Waals surface area contributed by atoms with E-state index in [1.165, 1.54) is 18.2 Å². The maximum absolute atomic E-state index is 15.1. The van der Waals surface area contributed by atoms with Crippen molar-refractivity contribution in [1.82, 2.24) is 9.97 Å². The fraction of sp³-hybridized carbons (Fsp3) is 0.154. The average Bonchev–Trinajstić information content (AvgIpc) is 2.79. The minimum atomic E-state index is -3.44. The predicted molar refractivity (Wildman–Crippen MR) is 115 cm³/mol. The molecule has 0 fully saturated rings. The molecule has 0 amide bonds. The fourth-order valence-electron chi connectivity index (χ4n) is 3.53. The largest absolute Gasteiger partial charge is 0.314 e. The van der Waals surface area contributed by atoms with Crippen LogP contribution in [0, 0.1) is 17.5 Å². The van der Waals surface area contributed by atoms with Gasteiger partial charge in [-0.1, -0.05) is 12.1 Å². The molecule has 4 aromatic rings. The molecule has 0 aliphatic carbocycles. The third kappa shape index (κ3) is 4.35. The molecule has 0 bridgehead atoms. The van der Waals surface area contributed by atoms with Gasteiger partial charge in [-0.2, -0.15) is 8.78 Å². The van der Waals surface area contributed by atoms with Crippen LogP contribution in [-0.4, -0.2) is 9.97 Å². The summed E-state index contributed by atoms with van der Waals surface area (Å²) in [7, 11) is 0. The standard InChI is InChI=1S/C26H19F5N2/c1-25(2,22-6-3-5-21(32-22)19-14-13-18(28)15-20(19)29)23-7-4-8-24(33-23)26(30,31)16-9-11-17(27)12-10-16/h3-15H,1-2H3. The van der Waals surface area contributed by atoms with Crippen LogP contribution in [0.5, 0.6) is 0 Å². The van der Waals surface area contributed by atoms with Crippen molar-refractivity contribution in [2.75, 3.05) is 0 Å². The molecular weight excluding hydrogens is 435 g/mol. The van der Waals surface area contributed by atoms with Gasteiger partial charge < -0.3 is 0 Å². The maximum atomic E-state index is 15.1. The second kappa shape index (κ2) is 8.39. The topological polar surface area (TPSA) is 25.8 Å². The zero-order chi connectivity index (χ0) is 23.8. The minimum Gasteiger partial charge on any atom is -0.252 e. The Bertz CT molecular complexity index is 1300. The normalized spacial score (nSPS) is 12.1. The number of rotatable bonds is 5. The Morgan fingerprint density at radius 1 is 0.636 bits per heavy atom. The molecule has 4 rings (SSSR count). The van der Waals surface area contributed by atoms with Gasteiger partial charge in [-0.05, 0) is 74.5 Å². The van der Waals surface area contributed by atoms with Gasteiger partial charge in [0.2, 0.25) is 0 Å². The minimum absolute atomic E-state index is 0.124. The lowest BCUT2D eigenvalue weighted by Gasteiger charge is -2.26. The fourth-order valence-corrected chi connectivity index (χ4v) is 3.53. The number of hydrogen-bond donors (Lipinski definition) is 0. The summed E-state index contributed by atoms with van der Waals surface area (Å²) < 4.78 is 70.9. The molecule has 2 aromatic carbocycles. The van der Waals surface area contributed by atoms with Crippen molar-refractivity contribution < 1.29 is 22.0 Å². The molecule has 0 atom stereocenters. The van der Waals surface area contributed by atoms with E-state index >= 15 is 8.78 Å². The van der Waals surface area contributed by atoms with Gasteiger partial charge in [-0.25, -0.2) is 13.2 Å². The average molecular weight is 454 g/mol. The Labute approximate surface area is 187 Å². The summed E-state index contributed by atoms with van der Waals surface area (Å²) in [5.41, 5.74) is -0.575. The molecule has 2 nitrogen and oxygen atoms in total. The maximum Gasteiger partial charge on any atom is 0.314 e. The van der Waals surface area contributed by atoms with Crippen LogP contribution in [0.1, 0.15) is 36.5 Å². The molecule has 0 aliphatic heterocycles. The molecular formula is C26H19F5N2. The van der Waals surface area contributed by atoms with Crippen LogP contribution in [0.3, 0.4) is 0 Å². The highest BCUT2D eigenvalue weighted by Crippen LogP contribution is 2.37. The van der Waals surface area contributed by atoms with E-state index in [1.54, 1.807) is 38.1 Å². The summed E-state index contributed by atoms with van der Waals surface area (Å²) in [4.78, 5) is 8.73. The third-order valence-electron chi connectivity index (χ3n) is 5.51. The number of aromatic nitrogens is 2.